The Bertz CT molecular complexity index is 936. The highest BCUT2D eigenvalue weighted by Gasteiger charge is 2.27. The third-order valence-electron chi connectivity index (χ3n) is 3.49. The molecule has 2 rings (SSSR count). The first-order valence-electron chi connectivity index (χ1n) is 8.29. The van der Waals surface area contributed by atoms with Gasteiger partial charge in [-0.2, -0.15) is 8.42 Å². The molecule has 0 fully saturated rings. The molecule has 0 N–H and O–H groups in total. The molecule has 2 aromatic rings. The maximum Gasteiger partial charge on any atom is 0.330 e. The quantitative estimate of drug-likeness (QED) is 0.197. The summed E-state index contributed by atoms with van der Waals surface area (Å²) in [5.41, 5.74) is 0.638. The van der Waals surface area contributed by atoms with E-state index >= 15 is 0 Å². The molecule has 0 saturated carbocycles. The minimum Gasteiger partial charge on any atom is -0.490 e. The Balaban J connectivity index is 2.20. The summed E-state index contributed by atoms with van der Waals surface area (Å²) in [6, 6.07) is 14.6. The number of esters is 1. The van der Waals surface area contributed by atoms with Gasteiger partial charge in [0.2, 0.25) is 0 Å². The standard InChI is InChI=1S/C20H20O7S/c1-3-18(21)26-13-12-25-17-11-7-10-16(14-17)20(27-28(2,23)24)19(22)15-8-5-4-6-9-15/h3-11,14,20H,1,12-13H2,2H3. The van der Waals surface area contributed by atoms with Gasteiger partial charge in [0.15, 0.2) is 11.9 Å². The molecule has 0 heterocycles. The van der Waals surface area contributed by atoms with E-state index in [0.29, 0.717) is 16.9 Å². The molecule has 0 aliphatic heterocycles. The van der Waals surface area contributed by atoms with Crippen molar-refractivity contribution in [3.05, 3.63) is 78.4 Å². The van der Waals surface area contributed by atoms with Crippen molar-refractivity contribution in [1.82, 2.24) is 0 Å². The molecule has 0 bridgehead atoms. The van der Waals surface area contributed by atoms with Gasteiger partial charge in [0, 0.05) is 11.6 Å². The molecule has 0 aliphatic carbocycles. The van der Waals surface area contributed by atoms with E-state index < -0.39 is 28.0 Å². The predicted molar refractivity (Wildman–Crippen MR) is 103 cm³/mol. The number of carbonyl (C=O) groups excluding carboxylic acids is 2. The summed E-state index contributed by atoms with van der Waals surface area (Å²) < 4.78 is 38.7. The third kappa shape index (κ3) is 6.64. The summed E-state index contributed by atoms with van der Waals surface area (Å²) in [5, 5.41) is 0. The van der Waals surface area contributed by atoms with E-state index in [0.717, 1.165) is 12.3 Å². The Morgan fingerprint density at radius 3 is 2.43 bits per heavy atom. The SMILES string of the molecule is C=CC(=O)OCCOc1cccc(C(OS(C)(=O)=O)C(=O)c2ccccc2)c1. The van der Waals surface area contributed by atoms with E-state index in [2.05, 4.69) is 6.58 Å². The van der Waals surface area contributed by atoms with Gasteiger partial charge >= 0.3 is 5.97 Å². The maximum absolute atomic E-state index is 12.8. The first kappa shape index (κ1) is 21.3. The second-order valence-electron chi connectivity index (χ2n) is 5.70. The van der Waals surface area contributed by atoms with Crippen molar-refractivity contribution in [2.75, 3.05) is 19.5 Å². The Morgan fingerprint density at radius 2 is 1.79 bits per heavy atom. The first-order valence-corrected chi connectivity index (χ1v) is 10.1. The fourth-order valence-corrected chi connectivity index (χ4v) is 2.86. The van der Waals surface area contributed by atoms with Crippen LogP contribution < -0.4 is 4.74 Å². The van der Waals surface area contributed by atoms with Crippen molar-refractivity contribution in [3.8, 4) is 5.75 Å². The van der Waals surface area contributed by atoms with Crippen LogP contribution in [0.3, 0.4) is 0 Å². The normalized spacial score (nSPS) is 12.0. The van der Waals surface area contributed by atoms with Crippen LogP contribution >= 0.6 is 0 Å². The Kier molecular flexibility index (Phi) is 7.48. The van der Waals surface area contributed by atoms with E-state index in [4.69, 9.17) is 13.7 Å². The van der Waals surface area contributed by atoms with Gasteiger partial charge in [-0.25, -0.2) is 4.79 Å². The molecular formula is C20H20O7S. The lowest BCUT2D eigenvalue weighted by Crippen LogP contribution is -2.20. The van der Waals surface area contributed by atoms with Crippen LogP contribution in [0.5, 0.6) is 5.75 Å². The van der Waals surface area contributed by atoms with Gasteiger partial charge < -0.3 is 9.47 Å². The van der Waals surface area contributed by atoms with Crippen LogP contribution in [-0.2, 0) is 23.8 Å². The summed E-state index contributed by atoms with van der Waals surface area (Å²) in [4.78, 5) is 23.8. The Morgan fingerprint density at radius 1 is 1.07 bits per heavy atom. The molecule has 0 aliphatic rings. The number of hydrogen-bond donors (Lipinski definition) is 0. The number of benzene rings is 2. The molecule has 7 nitrogen and oxygen atoms in total. The van der Waals surface area contributed by atoms with Crippen molar-refractivity contribution in [2.45, 2.75) is 6.10 Å². The smallest absolute Gasteiger partial charge is 0.330 e. The lowest BCUT2D eigenvalue weighted by atomic mass is 10.00. The third-order valence-corrected chi connectivity index (χ3v) is 4.03. The molecule has 8 heteroatoms. The van der Waals surface area contributed by atoms with E-state index in [1.165, 1.54) is 6.07 Å². The minimum atomic E-state index is -3.90. The molecule has 0 spiro atoms. The monoisotopic (exact) mass is 404 g/mol. The lowest BCUT2D eigenvalue weighted by Gasteiger charge is -2.17. The van der Waals surface area contributed by atoms with Gasteiger partial charge in [0.1, 0.15) is 19.0 Å². The number of hydrogen-bond acceptors (Lipinski definition) is 7. The molecule has 0 aromatic heterocycles. The Labute approximate surface area is 163 Å². The summed E-state index contributed by atoms with van der Waals surface area (Å²) in [6.07, 6.45) is 0.578. The zero-order valence-electron chi connectivity index (χ0n) is 15.2. The molecule has 0 amide bonds. The minimum absolute atomic E-state index is 0.0152. The number of carbonyl (C=O) groups is 2. The largest absolute Gasteiger partial charge is 0.490 e. The van der Waals surface area contributed by atoms with Crippen molar-refractivity contribution in [2.24, 2.45) is 0 Å². The summed E-state index contributed by atoms with van der Waals surface area (Å²) in [6.45, 7) is 3.38. The van der Waals surface area contributed by atoms with Crippen molar-refractivity contribution in [3.63, 3.8) is 0 Å². The second-order valence-corrected chi connectivity index (χ2v) is 7.30. The van der Waals surface area contributed by atoms with Gasteiger partial charge in [-0.3, -0.25) is 8.98 Å². The highest BCUT2D eigenvalue weighted by atomic mass is 32.2. The van der Waals surface area contributed by atoms with Crippen LogP contribution in [-0.4, -0.2) is 39.6 Å². The molecule has 0 radical (unpaired) electrons. The van der Waals surface area contributed by atoms with Crippen molar-refractivity contribution >= 4 is 21.9 Å². The van der Waals surface area contributed by atoms with Crippen LogP contribution in [0.1, 0.15) is 22.0 Å². The van der Waals surface area contributed by atoms with Gasteiger partial charge in [0.05, 0.1) is 6.26 Å². The molecular weight excluding hydrogens is 384 g/mol. The lowest BCUT2D eigenvalue weighted by molar-refractivity contribution is -0.138. The average Bonchev–Trinajstić information content (AvgIpc) is 2.69. The number of Topliss-reactive ketones (excluding diaryl/α,β-unsaturated/α-hetero) is 1. The molecule has 2 aromatic carbocycles. The van der Waals surface area contributed by atoms with Gasteiger partial charge in [-0.05, 0) is 17.7 Å². The topological polar surface area (TPSA) is 96.0 Å². The van der Waals surface area contributed by atoms with E-state index in [9.17, 15) is 18.0 Å². The maximum atomic E-state index is 12.8. The van der Waals surface area contributed by atoms with E-state index in [-0.39, 0.29) is 13.2 Å². The molecule has 28 heavy (non-hydrogen) atoms. The average molecular weight is 404 g/mol. The zero-order valence-corrected chi connectivity index (χ0v) is 16.1. The number of rotatable bonds is 10. The molecule has 148 valence electrons. The fourth-order valence-electron chi connectivity index (χ4n) is 2.31. The predicted octanol–water partition coefficient (Wildman–Crippen LogP) is 2.69. The zero-order chi connectivity index (χ0) is 20.6. The summed E-state index contributed by atoms with van der Waals surface area (Å²) in [5.74, 6) is -0.689. The van der Waals surface area contributed by atoms with Crippen LogP contribution in [0, 0.1) is 0 Å². The van der Waals surface area contributed by atoms with Crippen LogP contribution in [0.25, 0.3) is 0 Å². The van der Waals surface area contributed by atoms with Crippen molar-refractivity contribution < 1.29 is 31.7 Å². The van der Waals surface area contributed by atoms with Gasteiger partial charge in [-0.1, -0.05) is 49.0 Å². The fraction of sp³-hybridized carbons (Fsp3) is 0.200. The summed E-state index contributed by atoms with van der Waals surface area (Å²) in [7, 11) is -3.90. The number of ether oxygens (including phenoxy) is 2. The van der Waals surface area contributed by atoms with E-state index in [1.807, 2.05) is 0 Å². The summed E-state index contributed by atoms with van der Waals surface area (Å²) >= 11 is 0. The molecule has 1 unspecified atom stereocenters. The van der Waals surface area contributed by atoms with Crippen LogP contribution in [0.2, 0.25) is 0 Å². The van der Waals surface area contributed by atoms with Crippen molar-refractivity contribution in [1.29, 1.82) is 0 Å². The first-order chi connectivity index (χ1) is 13.3. The highest BCUT2D eigenvalue weighted by Crippen LogP contribution is 2.27. The van der Waals surface area contributed by atoms with Gasteiger partial charge in [-0.15, -0.1) is 0 Å². The van der Waals surface area contributed by atoms with Crippen LogP contribution in [0.4, 0.5) is 0 Å². The van der Waals surface area contributed by atoms with E-state index in [1.54, 1.807) is 48.5 Å². The second kappa shape index (κ2) is 9.82. The van der Waals surface area contributed by atoms with Gasteiger partial charge in [0.25, 0.3) is 10.1 Å². The highest BCUT2D eigenvalue weighted by molar-refractivity contribution is 7.86. The molecule has 0 saturated heterocycles. The molecule has 1 atom stereocenters. The number of ketones is 1. The van der Waals surface area contributed by atoms with Crippen LogP contribution in [0.15, 0.2) is 67.3 Å². The Hall–Kier alpha value is -2.97.